The van der Waals surface area contributed by atoms with Gasteiger partial charge in [0.1, 0.15) is 0 Å². The summed E-state index contributed by atoms with van der Waals surface area (Å²) in [5, 5.41) is 2.92. The van der Waals surface area contributed by atoms with E-state index in [4.69, 9.17) is 0 Å². The van der Waals surface area contributed by atoms with Crippen LogP contribution in [0.25, 0.3) is 0 Å². The molecule has 3 nitrogen and oxygen atoms in total. The number of thiazole rings is 1. The van der Waals surface area contributed by atoms with Crippen molar-refractivity contribution in [3.8, 4) is 0 Å². The molecular formula is C11H18N2OS. The largest absolute Gasteiger partial charge is 0.356 e. The first kappa shape index (κ1) is 12.2. The number of hydrogen-bond acceptors (Lipinski definition) is 3. The summed E-state index contributed by atoms with van der Waals surface area (Å²) in [5.74, 6) is 0.572. The van der Waals surface area contributed by atoms with Gasteiger partial charge in [-0.3, -0.25) is 4.79 Å². The Morgan fingerprint density at radius 1 is 1.60 bits per heavy atom. The standard InChI is InChI=1S/C11H18N2OS/c1-8(2)6-11(14)12-5-4-10-9(3)13-7-15-10/h7-8H,4-6H2,1-3H3,(H,12,14). The van der Waals surface area contributed by atoms with Crippen LogP contribution >= 0.6 is 11.3 Å². The lowest BCUT2D eigenvalue weighted by Crippen LogP contribution is -2.26. The lowest BCUT2D eigenvalue weighted by Gasteiger charge is -2.06. The van der Waals surface area contributed by atoms with Crippen molar-refractivity contribution in [2.75, 3.05) is 6.54 Å². The third-order valence-corrected chi connectivity index (χ3v) is 3.11. The fourth-order valence-corrected chi connectivity index (χ4v) is 2.11. The molecule has 0 saturated carbocycles. The van der Waals surface area contributed by atoms with Crippen LogP contribution < -0.4 is 5.32 Å². The average Bonchev–Trinajstić information content (AvgIpc) is 2.50. The number of aromatic nitrogens is 1. The molecule has 0 aliphatic heterocycles. The Kier molecular flexibility index (Phi) is 4.75. The van der Waals surface area contributed by atoms with E-state index in [-0.39, 0.29) is 5.91 Å². The zero-order valence-corrected chi connectivity index (χ0v) is 10.4. The Balaban J connectivity index is 2.22. The molecule has 0 aliphatic rings. The second kappa shape index (κ2) is 5.85. The Hall–Kier alpha value is -0.900. The van der Waals surface area contributed by atoms with Crippen LogP contribution in [0.1, 0.15) is 30.8 Å². The van der Waals surface area contributed by atoms with Crippen molar-refractivity contribution < 1.29 is 4.79 Å². The summed E-state index contributed by atoms with van der Waals surface area (Å²) in [6.07, 6.45) is 1.50. The fraction of sp³-hybridized carbons (Fsp3) is 0.636. The minimum Gasteiger partial charge on any atom is -0.356 e. The molecule has 15 heavy (non-hydrogen) atoms. The predicted octanol–water partition coefficient (Wildman–Crippen LogP) is 2.16. The molecule has 0 spiro atoms. The summed E-state index contributed by atoms with van der Waals surface area (Å²) in [4.78, 5) is 16.8. The van der Waals surface area contributed by atoms with Gasteiger partial charge in [0.25, 0.3) is 0 Å². The van der Waals surface area contributed by atoms with Crippen molar-refractivity contribution >= 4 is 17.2 Å². The first-order valence-electron chi connectivity index (χ1n) is 5.25. The maximum Gasteiger partial charge on any atom is 0.220 e. The van der Waals surface area contributed by atoms with Gasteiger partial charge in [-0.05, 0) is 12.8 Å². The summed E-state index contributed by atoms with van der Waals surface area (Å²) in [6, 6.07) is 0. The molecule has 1 N–H and O–H groups in total. The molecule has 1 aromatic rings. The van der Waals surface area contributed by atoms with Gasteiger partial charge in [0, 0.05) is 24.3 Å². The zero-order chi connectivity index (χ0) is 11.3. The van der Waals surface area contributed by atoms with Crippen LogP contribution in [0.3, 0.4) is 0 Å². The van der Waals surface area contributed by atoms with Crippen molar-refractivity contribution in [2.24, 2.45) is 5.92 Å². The number of nitrogens with one attached hydrogen (secondary N) is 1. The molecule has 1 aromatic heterocycles. The molecule has 0 saturated heterocycles. The molecule has 0 unspecified atom stereocenters. The van der Waals surface area contributed by atoms with Crippen LogP contribution in [-0.4, -0.2) is 17.4 Å². The van der Waals surface area contributed by atoms with E-state index in [1.54, 1.807) is 11.3 Å². The van der Waals surface area contributed by atoms with Gasteiger partial charge in [-0.1, -0.05) is 13.8 Å². The predicted molar refractivity (Wildman–Crippen MR) is 63.0 cm³/mol. The molecular weight excluding hydrogens is 208 g/mol. The molecule has 0 aromatic carbocycles. The first-order valence-corrected chi connectivity index (χ1v) is 6.13. The highest BCUT2D eigenvalue weighted by atomic mass is 32.1. The van der Waals surface area contributed by atoms with E-state index in [1.807, 2.05) is 26.3 Å². The second-order valence-electron chi connectivity index (χ2n) is 4.06. The van der Waals surface area contributed by atoms with Crippen molar-refractivity contribution in [3.05, 3.63) is 16.1 Å². The smallest absolute Gasteiger partial charge is 0.220 e. The zero-order valence-electron chi connectivity index (χ0n) is 9.54. The number of nitrogens with zero attached hydrogens (tertiary/aromatic N) is 1. The highest BCUT2D eigenvalue weighted by Gasteiger charge is 2.05. The van der Waals surface area contributed by atoms with Crippen LogP contribution in [0.4, 0.5) is 0 Å². The quantitative estimate of drug-likeness (QED) is 0.836. The normalized spacial score (nSPS) is 10.7. The van der Waals surface area contributed by atoms with Crippen LogP contribution in [0.2, 0.25) is 0 Å². The topological polar surface area (TPSA) is 42.0 Å². The van der Waals surface area contributed by atoms with Gasteiger partial charge >= 0.3 is 0 Å². The van der Waals surface area contributed by atoms with Gasteiger partial charge in [0.05, 0.1) is 11.2 Å². The lowest BCUT2D eigenvalue weighted by molar-refractivity contribution is -0.121. The van der Waals surface area contributed by atoms with E-state index in [0.717, 1.165) is 12.1 Å². The van der Waals surface area contributed by atoms with Crippen LogP contribution in [0.15, 0.2) is 5.51 Å². The monoisotopic (exact) mass is 226 g/mol. The van der Waals surface area contributed by atoms with Crippen LogP contribution in [-0.2, 0) is 11.2 Å². The first-order chi connectivity index (χ1) is 7.09. The summed E-state index contributed by atoms with van der Waals surface area (Å²) < 4.78 is 0. The molecule has 1 rings (SSSR count). The Morgan fingerprint density at radius 3 is 2.87 bits per heavy atom. The van der Waals surface area contributed by atoms with E-state index in [1.165, 1.54) is 4.88 Å². The van der Waals surface area contributed by atoms with Crippen LogP contribution in [0.5, 0.6) is 0 Å². The summed E-state index contributed by atoms with van der Waals surface area (Å²) in [6.45, 7) is 6.82. The van der Waals surface area contributed by atoms with Gasteiger partial charge < -0.3 is 5.32 Å². The molecule has 4 heteroatoms. The number of carbonyl (C=O) groups excluding carboxylic acids is 1. The molecule has 1 heterocycles. The van der Waals surface area contributed by atoms with Crippen molar-refractivity contribution in [3.63, 3.8) is 0 Å². The van der Waals surface area contributed by atoms with Crippen molar-refractivity contribution in [1.82, 2.24) is 10.3 Å². The van der Waals surface area contributed by atoms with E-state index in [2.05, 4.69) is 10.3 Å². The molecule has 0 bridgehead atoms. The van der Waals surface area contributed by atoms with E-state index in [9.17, 15) is 4.79 Å². The molecule has 0 fully saturated rings. The van der Waals surface area contributed by atoms with E-state index in [0.29, 0.717) is 18.9 Å². The molecule has 84 valence electrons. The van der Waals surface area contributed by atoms with Gasteiger partial charge in [-0.2, -0.15) is 0 Å². The maximum absolute atomic E-state index is 11.3. The minimum absolute atomic E-state index is 0.146. The van der Waals surface area contributed by atoms with Gasteiger partial charge in [-0.25, -0.2) is 4.98 Å². The second-order valence-corrected chi connectivity index (χ2v) is 5.00. The molecule has 0 radical (unpaired) electrons. The fourth-order valence-electron chi connectivity index (χ4n) is 1.32. The van der Waals surface area contributed by atoms with Crippen LogP contribution in [0, 0.1) is 12.8 Å². The minimum atomic E-state index is 0.146. The highest BCUT2D eigenvalue weighted by molar-refractivity contribution is 7.09. The van der Waals surface area contributed by atoms with Gasteiger partial charge in [-0.15, -0.1) is 11.3 Å². The maximum atomic E-state index is 11.3. The van der Waals surface area contributed by atoms with Gasteiger partial charge in [0.15, 0.2) is 0 Å². The average molecular weight is 226 g/mol. The SMILES string of the molecule is Cc1ncsc1CCNC(=O)CC(C)C. The third-order valence-electron chi connectivity index (χ3n) is 2.11. The lowest BCUT2D eigenvalue weighted by atomic mass is 10.1. The summed E-state index contributed by atoms with van der Waals surface area (Å²) in [5.41, 5.74) is 2.93. The molecule has 1 amide bonds. The number of aryl methyl sites for hydroxylation is 1. The molecule has 0 atom stereocenters. The Labute approximate surface area is 94.9 Å². The van der Waals surface area contributed by atoms with E-state index < -0.39 is 0 Å². The Bertz CT molecular complexity index is 320. The highest BCUT2D eigenvalue weighted by Crippen LogP contribution is 2.11. The number of carbonyl (C=O) groups is 1. The van der Waals surface area contributed by atoms with E-state index >= 15 is 0 Å². The molecule has 0 aliphatic carbocycles. The Morgan fingerprint density at radius 2 is 2.33 bits per heavy atom. The summed E-state index contributed by atoms with van der Waals surface area (Å²) >= 11 is 1.65. The number of hydrogen-bond donors (Lipinski definition) is 1. The number of amides is 1. The number of rotatable bonds is 5. The third kappa shape index (κ3) is 4.42. The van der Waals surface area contributed by atoms with Crippen molar-refractivity contribution in [1.29, 1.82) is 0 Å². The summed E-state index contributed by atoms with van der Waals surface area (Å²) in [7, 11) is 0. The van der Waals surface area contributed by atoms with Crippen molar-refractivity contribution in [2.45, 2.75) is 33.6 Å². The van der Waals surface area contributed by atoms with Gasteiger partial charge in [0.2, 0.25) is 5.91 Å².